The maximum atomic E-state index is 13.2. The summed E-state index contributed by atoms with van der Waals surface area (Å²) in [7, 11) is 0. The average Bonchev–Trinajstić information content (AvgIpc) is 3.25. The topological polar surface area (TPSA) is 61.6 Å². The molecule has 6 nitrogen and oxygen atoms in total. The van der Waals surface area contributed by atoms with Crippen molar-refractivity contribution in [2.45, 2.75) is 45.4 Å². The maximum absolute atomic E-state index is 13.2. The number of carbonyl (C=O) groups is 1. The molecule has 2 aliphatic heterocycles. The van der Waals surface area contributed by atoms with Gasteiger partial charge in [-0.1, -0.05) is 25.9 Å². The van der Waals surface area contributed by atoms with E-state index in [1.807, 2.05) is 4.90 Å². The second-order valence-electron chi connectivity index (χ2n) is 10.2. The number of aromatic nitrogens is 1. The van der Waals surface area contributed by atoms with Gasteiger partial charge in [-0.3, -0.25) is 4.79 Å². The summed E-state index contributed by atoms with van der Waals surface area (Å²) in [6, 6.07) is 8.66. The number of amides is 1. The molecule has 1 aromatic carbocycles. The van der Waals surface area contributed by atoms with Gasteiger partial charge in [-0.05, 0) is 62.0 Å². The van der Waals surface area contributed by atoms with Crippen LogP contribution in [0, 0.1) is 17.7 Å². The number of piperazine rings is 1. The minimum absolute atomic E-state index is 0.0541. The Bertz CT molecular complexity index is 897. The van der Waals surface area contributed by atoms with Crippen molar-refractivity contribution in [2.75, 3.05) is 44.2 Å². The number of nitrogens with one attached hydrogen (secondary N) is 1. The zero-order valence-electron chi connectivity index (χ0n) is 19.4. The Labute approximate surface area is 190 Å². The number of anilines is 1. The lowest BCUT2D eigenvalue weighted by Gasteiger charge is -2.38. The molecule has 2 fully saturated rings. The van der Waals surface area contributed by atoms with E-state index in [1.165, 1.54) is 12.1 Å². The summed E-state index contributed by atoms with van der Waals surface area (Å²) in [6.07, 6.45) is 2.44. The molecule has 2 saturated heterocycles. The summed E-state index contributed by atoms with van der Waals surface area (Å²) in [5.41, 5.74) is 1.94. The fraction of sp³-hybridized carbons (Fsp3) is 0.600. The van der Waals surface area contributed by atoms with Crippen LogP contribution in [-0.2, 0) is 16.6 Å². The molecule has 0 aliphatic carbocycles. The summed E-state index contributed by atoms with van der Waals surface area (Å²) in [6.45, 7) is 11.2. The first kappa shape index (κ1) is 22.8. The molecule has 0 radical (unpaired) electrons. The van der Waals surface area contributed by atoms with Gasteiger partial charge in [0.25, 0.3) is 0 Å². The summed E-state index contributed by atoms with van der Waals surface area (Å²) in [5, 5.41) is 7.78. The monoisotopic (exact) mass is 442 g/mol. The second-order valence-corrected chi connectivity index (χ2v) is 10.2. The van der Waals surface area contributed by atoms with Crippen molar-refractivity contribution in [1.29, 1.82) is 0 Å². The van der Waals surface area contributed by atoms with Gasteiger partial charge in [0.15, 0.2) is 0 Å². The average molecular weight is 443 g/mol. The summed E-state index contributed by atoms with van der Waals surface area (Å²) < 4.78 is 18.7. The van der Waals surface area contributed by atoms with Crippen LogP contribution in [0.5, 0.6) is 0 Å². The normalized spacial score (nSPS) is 22.2. The van der Waals surface area contributed by atoms with Crippen LogP contribution in [0.3, 0.4) is 0 Å². The van der Waals surface area contributed by atoms with E-state index >= 15 is 0 Å². The third-order valence-corrected chi connectivity index (χ3v) is 6.80. The molecule has 32 heavy (non-hydrogen) atoms. The molecular weight excluding hydrogens is 407 g/mol. The smallest absolute Gasteiger partial charge is 0.222 e. The molecule has 4 rings (SSSR count). The minimum atomic E-state index is -0.223. The summed E-state index contributed by atoms with van der Waals surface area (Å²) in [5.74, 6) is 1.67. The van der Waals surface area contributed by atoms with E-state index in [2.05, 4.69) is 42.2 Å². The van der Waals surface area contributed by atoms with E-state index in [-0.39, 0.29) is 17.1 Å². The third kappa shape index (κ3) is 5.49. The lowest BCUT2D eigenvalue weighted by molar-refractivity contribution is -0.133. The quantitative estimate of drug-likeness (QED) is 0.766. The Morgan fingerprint density at radius 2 is 1.88 bits per heavy atom. The minimum Gasteiger partial charge on any atom is -0.368 e. The molecule has 1 aromatic heterocycles. The van der Waals surface area contributed by atoms with Gasteiger partial charge in [-0.15, -0.1) is 0 Å². The fourth-order valence-electron chi connectivity index (χ4n) is 4.73. The van der Waals surface area contributed by atoms with E-state index in [0.29, 0.717) is 31.3 Å². The van der Waals surface area contributed by atoms with Crippen molar-refractivity contribution in [1.82, 2.24) is 15.4 Å². The summed E-state index contributed by atoms with van der Waals surface area (Å²) in [4.78, 5) is 17.3. The zero-order chi connectivity index (χ0) is 22.7. The van der Waals surface area contributed by atoms with Crippen molar-refractivity contribution in [3.63, 3.8) is 0 Å². The van der Waals surface area contributed by atoms with Crippen LogP contribution in [0.1, 0.15) is 45.1 Å². The molecule has 0 spiro atoms. The van der Waals surface area contributed by atoms with Gasteiger partial charge in [0.1, 0.15) is 11.6 Å². The Morgan fingerprint density at radius 3 is 2.53 bits per heavy atom. The molecule has 2 aromatic rings. The molecule has 7 heteroatoms. The highest BCUT2D eigenvalue weighted by molar-refractivity contribution is 5.77. The molecule has 0 bridgehead atoms. The van der Waals surface area contributed by atoms with Gasteiger partial charge in [0.05, 0.1) is 5.69 Å². The molecule has 2 atom stereocenters. The Hall–Kier alpha value is -2.41. The van der Waals surface area contributed by atoms with E-state index < -0.39 is 0 Å². The second kappa shape index (κ2) is 9.61. The van der Waals surface area contributed by atoms with Gasteiger partial charge in [0, 0.05) is 49.8 Å². The molecule has 2 aliphatic rings. The van der Waals surface area contributed by atoms with E-state index in [9.17, 15) is 9.18 Å². The first-order valence-corrected chi connectivity index (χ1v) is 11.7. The van der Waals surface area contributed by atoms with Gasteiger partial charge in [-0.2, -0.15) is 0 Å². The van der Waals surface area contributed by atoms with Crippen LogP contribution in [0.15, 0.2) is 34.9 Å². The molecule has 1 amide bonds. The number of benzene rings is 1. The fourth-order valence-corrected chi connectivity index (χ4v) is 4.73. The van der Waals surface area contributed by atoms with Crippen molar-refractivity contribution in [3.05, 3.63) is 47.6 Å². The predicted molar refractivity (Wildman–Crippen MR) is 123 cm³/mol. The first-order valence-electron chi connectivity index (χ1n) is 11.7. The Kier molecular flexibility index (Phi) is 6.84. The Balaban J connectivity index is 1.31. The summed E-state index contributed by atoms with van der Waals surface area (Å²) >= 11 is 0. The first-order chi connectivity index (χ1) is 15.3. The molecule has 174 valence electrons. The molecule has 3 heterocycles. The van der Waals surface area contributed by atoms with E-state index in [4.69, 9.17) is 4.52 Å². The number of hydrogen-bond donors (Lipinski definition) is 1. The van der Waals surface area contributed by atoms with Gasteiger partial charge >= 0.3 is 0 Å². The number of halogens is 1. The lowest BCUT2D eigenvalue weighted by Crippen LogP contribution is -2.50. The number of rotatable bonds is 5. The van der Waals surface area contributed by atoms with E-state index in [0.717, 1.165) is 56.2 Å². The Morgan fingerprint density at radius 1 is 1.16 bits per heavy atom. The van der Waals surface area contributed by atoms with Gasteiger partial charge in [-0.25, -0.2) is 4.39 Å². The van der Waals surface area contributed by atoms with Gasteiger partial charge in [0.2, 0.25) is 5.91 Å². The SMILES string of the molecule is CC(C)(C)c1cc(C[C@@H]2CNCC[C@H]2CC(=O)N2CCN(c3ccc(F)cc3)CC2)no1. The molecule has 1 N–H and O–H groups in total. The largest absolute Gasteiger partial charge is 0.368 e. The highest BCUT2D eigenvalue weighted by Crippen LogP contribution is 2.29. The van der Waals surface area contributed by atoms with Crippen molar-refractivity contribution < 1.29 is 13.7 Å². The highest BCUT2D eigenvalue weighted by atomic mass is 19.1. The van der Waals surface area contributed by atoms with Crippen LogP contribution < -0.4 is 10.2 Å². The van der Waals surface area contributed by atoms with Gasteiger partial charge < -0.3 is 19.6 Å². The third-order valence-electron chi connectivity index (χ3n) is 6.80. The molecule has 0 unspecified atom stereocenters. The van der Waals surface area contributed by atoms with Crippen molar-refractivity contribution in [3.8, 4) is 0 Å². The lowest BCUT2D eigenvalue weighted by atomic mass is 9.80. The number of nitrogens with zero attached hydrogens (tertiary/aromatic N) is 3. The predicted octanol–water partition coefficient (Wildman–Crippen LogP) is 3.62. The van der Waals surface area contributed by atoms with Crippen LogP contribution >= 0.6 is 0 Å². The molecular formula is C25H35FN4O2. The van der Waals surface area contributed by atoms with Crippen molar-refractivity contribution >= 4 is 11.6 Å². The standard InChI is InChI=1S/C25H35FN4O2/c1-25(2,3)23-16-21(28-32-23)14-19-17-27-9-8-18(19)15-24(31)30-12-10-29(11-13-30)22-6-4-20(26)5-7-22/h4-7,16,18-19,27H,8-15,17H2,1-3H3/t18-,19+/m0/s1. The van der Waals surface area contributed by atoms with Crippen LogP contribution in [0.2, 0.25) is 0 Å². The maximum Gasteiger partial charge on any atom is 0.222 e. The number of carbonyl (C=O) groups excluding carboxylic acids is 1. The zero-order valence-corrected chi connectivity index (χ0v) is 19.4. The van der Waals surface area contributed by atoms with E-state index in [1.54, 1.807) is 12.1 Å². The van der Waals surface area contributed by atoms with Crippen LogP contribution in [-0.4, -0.2) is 55.2 Å². The van der Waals surface area contributed by atoms with Crippen LogP contribution in [0.25, 0.3) is 0 Å². The number of hydrogen-bond acceptors (Lipinski definition) is 5. The highest BCUT2D eigenvalue weighted by Gasteiger charge is 2.31. The van der Waals surface area contributed by atoms with Crippen LogP contribution in [0.4, 0.5) is 10.1 Å². The molecule has 0 saturated carbocycles. The van der Waals surface area contributed by atoms with Crippen molar-refractivity contribution in [2.24, 2.45) is 11.8 Å². The number of piperidine rings is 1.